The molecule has 10 heteroatoms. The summed E-state index contributed by atoms with van der Waals surface area (Å²) < 4.78 is 38.6. The molecule has 4 aromatic rings. The van der Waals surface area contributed by atoms with E-state index in [0.29, 0.717) is 17.3 Å². The molecule has 43 heavy (non-hydrogen) atoms. The van der Waals surface area contributed by atoms with Crippen molar-refractivity contribution < 1.29 is 27.9 Å². The highest BCUT2D eigenvalue weighted by Crippen LogP contribution is 2.37. The SMILES string of the molecule is CCC1CCC(c2ccc(-c3cnc(-c4ccc(C[C@H](NC(=O)c5ccc(C(F)(F)F)s5)C(=O)O)cc4)nc3)cc2)CC1. The van der Waals surface area contributed by atoms with Gasteiger partial charge in [0.25, 0.3) is 5.91 Å². The van der Waals surface area contributed by atoms with Crippen molar-refractivity contribution in [1.82, 2.24) is 15.3 Å². The first kappa shape index (κ1) is 30.4. The number of aliphatic carboxylic acids is 1. The Kier molecular flexibility index (Phi) is 9.25. The second-order valence-electron chi connectivity index (χ2n) is 11.0. The Bertz CT molecular complexity index is 1540. The van der Waals surface area contributed by atoms with E-state index in [1.54, 1.807) is 36.7 Å². The standard InChI is InChI=1S/C33H32F3N3O3S/c1-2-20-3-7-22(8-4-20)23-11-13-24(14-12-23)26-18-37-30(38-19-26)25-9-5-21(6-10-25)17-27(32(41)42)39-31(40)28-15-16-29(43-28)33(34,35)36/h5-6,9-16,18-20,22,27H,2-4,7-8,17H2,1H3,(H,39,40)(H,41,42)/t20?,22?,27-/m0/s1. The molecule has 2 aromatic heterocycles. The molecule has 0 spiro atoms. The van der Waals surface area contributed by atoms with Gasteiger partial charge in [-0.15, -0.1) is 11.3 Å². The molecule has 2 N–H and O–H groups in total. The van der Waals surface area contributed by atoms with Gasteiger partial charge in [-0.25, -0.2) is 14.8 Å². The average molecular weight is 608 g/mol. The Morgan fingerprint density at radius 3 is 2.09 bits per heavy atom. The van der Waals surface area contributed by atoms with E-state index in [0.717, 1.165) is 34.7 Å². The molecule has 1 saturated carbocycles. The zero-order valence-corrected chi connectivity index (χ0v) is 24.4. The molecule has 1 fully saturated rings. The maximum Gasteiger partial charge on any atom is 0.425 e. The van der Waals surface area contributed by atoms with Crippen LogP contribution in [0.4, 0.5) is 13.2 Å². The lowest BCUT2D eigenvalue weighted by molar-refractivity contribution is -0.139. The number of amides is 1. The van der Waals surface area contributed by atoms with Crippen molar-refractivity contribution in [2.24, 2.45) is 5.92 Å². The van der Waals surface area contributed by atoms with E-state index in [1.165, 1.54) is 37.7 Å². The molecule has 2 aromatic carbocycles. The number of benzene rings is 2. The lowest BCUT2D eigenvalue weighted by Gasteiger charge is -2.28. The fourth-order valence-corrected chi connectivity index (χ4v) is 6.32. The Morgan fingerprint density at radius 2 is 1.53 bits per heavy atom. The number of alkyl halides is 3. The number of halogens is 3. The molecule has 1 aliphatic rings. The molecule has 1 amide bonds. The van der Waals surface area contributed by atoms with Crippen LogP contribution in [0.3, 0.4) is 0 Å². The largest absolute Gasteiger partial charge is 0.480 e. The van der Waals surface area contributed by atoms with Crippen LogP contribution < -0.4 is 5.32 Å². The molecule has 1 atom stereocenters. The van der Waals surface area contributed by atoms with E-state index in [-0.39, 0.29) is 22.6 Å². The minimum absolute atomic E-state index is 0.0469. The van der Waals surface area contributed by atoms with Crippen LogP contribution >= 0.6 is 11.3 Å². The number of carboxylic acids is 1. The minimum atomic E-state index is -4.57. The molecule has 224 valence electrons. The maximum atomic E-state index is 12.9. The van der Waals surface area contributed by atoms with Gasteiger partial charge in [0.15, 0.2) is 5.82 Å². The van der Waals surface area contributed by atoms with Crippen molar-refractivity contribution in [3.8, 4) is 22.5 Å². The predicted octanol–water partition coefficient (Wildman–Crippen LogP) is 8.00. The number of aromatic nitrogens is 2. The Hall–Kier alpha value is -4.05. The molecule has 5 rings (SSSR count). The third kappa shape index (κ3) is 7.48. The van der Waals surface area contributed by atoms with Crippen LogP contribution in [0.25, 0.3) is 22.5 Å². The number of nitrogens with one attached hydrogen (secondary N) is 1. The molecule has 0 aliphatic heterocycles. The number of thiophene rings is 1. The van der Waals surface area contributed by atoms with Gasteiger partial charge < -0.3 is 10.4 Å². The van der Waals surface area contributed by atoms with Crippen molar-refractivity contribution in [2.75, 3.05) is 0 Å². The first-order valence-corrected chi connectivity index (χ1v) is 15.1. The Labute approximate surface area is 252 Å². The van der Waals surface area contributed by atoms with Gasteiger partial charge in [-0.3, -0.25) is 4.79 Å². The van der Waals surface area contributed by atoms with Crippen molar-refractivity contribution in [3.05, 3.63) is 93.9 Å². The number of carbonyl (C=O) groups is 2. The molecule has 6 nitrogen and oxygen atoms in total. The van der Waals surface area contributed by atoms with E-state index in [2.05, 4.69) is 46.5 Å². The summed E-state index contributed by atoms with van der Waals surface area (Å²) in [6, 6.07) is 16.2. The number of carboxylic acid groups (broad SMARTS) is 1. The average Bonchev–Trinajstić information content (AvgIpc) is 3.53. The fraction of sp³-hybridized carbons (Fsp3) is 0.333. The highest BCUT2D eigenvalue weighted by molar-refractivity contribution is 7.14. The first-order valence-electron chi connectivity index (χ1n) is 14.3. The van der Waals surface area contributed by atoms with Gasteiger partial charge >= 0.3 is 12.1 Å². The van der Waals surface area contributed by atoms with Crippen LogP contribution in [0.2, 0.25) is 0 Å². The van der Waals surface area contributed by atoms with Crippen molar-refractivity contribution in [2.45, 2.75) is 63.6 Å². The molecule has 0 radical (unpaired) electrons. The molecular weight excluding hydrogens is 575 g/mol. The molecular formula is C33H32F3N3O3S. The van der Waals surface area contributed by atoms with E-state index >= 15 is 0 Å². The summed E-state index contributed by atoms with van der Waals surface area (Å²) in [4.78, 5) is 32.1. The normalized spacial score (nSPS) is 17.8. The van der Waals surface area contributed by atoms with E-state index in [4.69, 9.17) is 0 Å². The zero-order chi connectivity index (χ0) is 30.6. The number of hydrogen-bond acceptors (Lipinski definition) is 5. The topological polar surface area (TPSA) is 92.2 Å². The molecule has 1 aliphatic carbocycles. The highest BCUT2D eigenvalue weighted by Gasteiger charge is 2.33. The minimum Gasteiger partial charge on any atom is -0.480 e. The summed E-state index contributed by atoms with van der Waals surface area (Å²) in [7, 11) is 0. The Balaban J connectivity index is 1.19. The third-order valence-electron chi connectivity index (χ3n) is 8.16. The second-order valence-corrected chi connectivity index (χ2v) is 12.1. The van der Waals surface area contributed by atoms with Gasteiger partial charge in [0.05, 0.1) is 4.88 Å². The fourth-order valence-electron chi connectivity index (χ4n) is 5.55. The van der Waals surface area contributed by atoms with Gasteiger partial charge in [-0.1, -0.05) is 61.9 Å². The van der Waals surface area contributed by atoms with Crippen molar-refractivity contribution in [1.29, 1.82) is 0 Å². The number of carbonyl (C=O) groups excluding carboxylic acids is 1. The molecule has 0 bridgehead atoms. The van der Waals surface area contributed by atoms with Crippen molar-refractivity contribution in [3.63, 3.8) is 0 Å². The van der Waals surface area contributed by atoms with Crippen LogP contribution in [0.15, 0.2) is 73.1 Å². The number of hydrogen-bond donors (Lipinski definition) is 2. The molecule has 0 saturated heterocycles. The smallest absolute Gasteiger partial charge is 0.425 e. The van der Waals surface area contributed by atoms with Gasteiger partial charge in [0.1, 0.15) is 10.9 Å². The van der Waals surface area contributed by atoms with E-state index < -0.39 is 29.0 Å². The second kappa shape index (κ2) is 13.1. The quantitative estimate of drug-likeness (QED) is 0.201. The van der Waals surface area contributed by atoms with Crippen LogP contribution in [-0.4, -0.2) is 33.0 Å². The lowest BCUT2D eigenvalue weighted by Crippen LogP contribution is -2.42. The predicted molar refractivity (Wildman–Crippen MR) is 160 cm³/mol. The molecule has 0 unspecified atom stereocenters. The lowest BCUT2D eigenvalue weighted by atomic mass is 9.78. The van der Waals surface area contributed by atoms with Gasteiger partial charge in [0, 0.05) is 29.9 Å². The summed E-state index contributed by atoms with van der Waals surface area (Å²) in [5.41, 5.74) is 4.71. The van der Waals surface area contributed by atoms with Gasteiger partial charge in [-0.2, -0.15) is 13.2 Å². The number of nitrogens with zero attached hydrogens (tertiary/aromatic N) is 2. The van der Waals surface area contributed by atoms with Gasteiger partial charge in [-0.05, 0) is 66.3 Å². The monoisotopic (exact) mass is 607 g/mol. The van der Waals surface area contributed by atoms with E-state index in [9.17, 15) is 27.9 Å². The summed E-state index contributed by atoms with van der Waals surface area (Å²) in [6.07, 6.45) is 5.33. The van der Waals surface area contributed by atoms with Crippen LogP contribution in [0.5, 0.6) is 0 Å². The van der Waals surface area contributed by atoms with Gasteiger partial charge in [0.2, 0.25) is 0 Å². The number of rotatable bonds is 9. The Morgan fingerprint density at radius 1 is 0.907 bits per heavy atom. The van der Waals surface area contributed by atoms with E-state index in [1.807, 2.05) is 0 Å². The third-order valence-corrected chi connectivity index (χ3v) is 9.28. The summed E-state index contributed by atoms with van der Waals surface area (Å²) in [6.45, 7) is 2.28. The zero-order valence-electron chi connectivity index (χ0n) is 23.6. The summed E-state index contributed by atoms with van der Waals surface area (Å²) in [5.74, 6) is -0.143. The van der Waals surface area contributed by atoms with Crippen LogP contribution in [0, 0.1) is 5.92 Å². The summed E-state index contributed by atoms with van der Waals surface area (Å²) in [5, 5.41) is 11.9. The maximum absolute atomic E-state index is 12.9. The highest BCUT2D eigenvalue weighted by atomic mass is 32.1. The van der Waals surface area contributed by atoms with Crippen LogP contribution in [-0.2, 0) is 17.4 Å². The molecule has 2 heterocycles. The summed E-state index contributed by atoms with van der Waals surface area (Å²) >= 11 is 0.270. The van der Waals surface area contributed by atoms with Crippen molar-refractivity contribution >= 4 is 23.2 Å². The van der Waals surface area contributed by atoms with Crippen LogP contribution in [0.1, 0.15) is 70.6 Å². The first-order chi connectivity index (χ1) is 20.6.